The normalized spacial score (nSPS) is 13.1. The molecule has 0 aliphatic carbocycles. The first-order valence-corrected chi connectivity index (χ1v) is 32.4. The van der Waals surface area contributed by atoms with Gasteiger partial charge in [0.2, 0.25) is 0 Å². The molecule has 0 spiro atoms. The number of furan rings is 1. The van der Waals surface area contributed by atoms with E-state index in [4.69, 9.17) is 8.53 Å². The fraction of sp³-hybridized carbons (Fsp3) is 0. The smallest absolute Gasteiger partial charge is 0.252 e. The van der Waals surface area contributed by atoms with Crippen LogP contribution in [0.1, 0.15) is 6.85 Å². The van der Waals surface area contributed by atoms with Gasteiger partial charge in [-0.25, -0.2) is 0 Å². The van der Waals surface area contributed by atoms with E-state index in [-0.39, 0.29) is 17.6 Å². The molecular formula is C90H58BN3O. The maximum atomic E-state index is 9.58. The van der Waals surface area contributed by atoms with Gasteiger partial charge >= 0.3 is 0 Å². The quantitative estimate of drug-likeness (QED) is 0.128. The largest absolute Gasteiger partial charge is 0.454 e. The fourth-order valence-electron chi connectivity index (χ4n) is 15.4. The van der Waals surface area contributed by atoms with Crippen molar-refractivity contribution < 1.29 is 11.3 Å². The van der Waals surface area contributed by atoms with Crippen molar-refractivity contribution in [3.05, 3.63) is 352 Å². The Morgan fingerprint density at radius 1 is 0.284 bits per heavy atom. The Morgan fingerprint density at radius 2 is 0.737 bits per heavy atom. The minimum atomic E-state index is -0.565. The Balaban J connectivity index is 1.00. The standard InChI is InChI=1S/C90H58BN3O/c1-7-27-59(28-8-1)65-49-54-82-79(55-65)91-78-53-52-77-76-51-50-67(92-80-47-23-21-41-74(80)75-42-22-24-48-81(75)92)58-85(76)95-90(77)89(78)94(88-72(63-35-15-5-16-36-63)45-26-46-73(88)64-37-17-6-18-38-64)84-57-66(69-40-20-19-39-68(69)60-29-9-2-10-30-60)56-83(86(84)91)93(82)87-70(61-31-11-3-12-32-61)43-25-44-71(87)62-33-13-4-14-34-62/h1-58H/i1D,7D,8D,27D,28D. The van der Waals surface area contributed by atoms with Crippen molar-refractivity contribution >= 4 is 101 Å². The van der Waals surface area contributed by atoms with Crippen LogP contribution < -0.4 is 26.2 Å². The van der Waals surface area contributed by atoms with E-state index in [1.807, 2.05) is 6.07 Å². The molecule has 5 heteroatoms. The Morgan fingerprint density at radius 3 is 1.28 bits per heavy atom. The van der Waals surface area contributed by atoms with E-state index < -0.39 is 24.8 Å². The van der Waals surface area contributed by atoms with Crippen LogP contribution in [-0.2, 0) is 0 Å². The monoisotopic (exact) mass is 1210 g/mol. The maximum absolute atomic E-state index is 9.58. The molecule has 2 aromatic heterocycles. The minimum absolute atomic E-state index is 0.127. The fourth-order valence-corrected chi connectivity index (χ4v) is 15.4. The van der Waals surface area contributed by atoms with Crippen LogP contribution >= 0.6 is 0 Å². The molecular weight excluding hydrogens is 1150 g/mol. The lowest BCUT2D eigenvalue weighted by Crippen LogP contribution is -2.61. The third-order valence-electron chi connectivity index (χ3n) is 19.5. The molecule has 19 rings (SSSR count). The van der Waals surface area contributed by atoms with E-state index in [0.29, 0.717) is 11.1 Å². The lowest BCUT2D eigenvalue weighted by atomic mass is 9.33. The summed E-state index contributed by atoms with van der Waals surface area (Å²) in [7, 11) is 0. The van der Waals surface area contributed by atoms with E-state index in [0.717, 1.165) is 150 Å². The molecule has 95 heavy (non-hydrogen) atoms. The predicted molar refractivity (Wildman–Crippen MR) is 400 cm³/mol. The van der Waals surface area contributed by atoms with Crippen LogP contribution in [0.25, 0.3) is 127 Å². The van der Waals surface area contributed by atoms with E-state index in [1.54, 1.807) is 0 Å². The summed E-state index contributed by atoms with van der Waals surface area (Å²) in [4.78, 5) is 4.99. The summed E-state index contributed by atoms with van der Waals surface area (Å²) in [6.45, 7) is -0.565. The summed E-state index contributed by atoms with van der Waals surface area (Å²) in [5.41, 5.74) is 25.9. The molecule has 0 amide bonds. The van der Waals surface area contributed by atoms with Crippen LogP contribution in [0.2, 0.25) is 0 Å². The van der Waals surface area contributed by atoms with Crippen LogP contribution in [0.3, 0.4) is 0 Å². The third kappa shape index (κ3) is 8.70. The molecule has 0 N–H and O–H groups in total. The van der Waals surface area contributed by atoms with E-state index in [2.05, 4.69) is 330 Å². The highest BCUT2D eigenvalue weighted by molar-refractivity contribution is 7.00. The molecule has 0 saturated carbocycles. The Labute approximate surface area is 558 Å². The molecule has 0 radical (unpaired) electrons. The summed E-state index contributed by atoms with van der Waals surface area (Å²) in [5.74, 6) is 0. The summed E-state index contributed by atoms with van der Waals surface area (Å²) >= 11 is 0. The Hall–Kier alpha value is -12.4. The van der Waals surface area contributed by atoms with E-state index in [1.165, 1.54) is 10.8 Å². The number of nitrogens with zero attached hydrogens (tertiary/aromatic N) is 3. The Kier molecular flexibility index (Phi) is 11.5. The van der Waals surface area contributed by atoms with Gasteiger partial charge in [0, 0.05) is 72.6 Å². The van der Waals surface area contributed by atoms with Gasteiger partial charge < -0.3 is 18.8 Å². The van der Waals surface area contributed by atoms with Gasteiger partial charge in [0.05, 0.1) is 34.9 Å². The highest BCUT2D eigenvalue weighted by Crippen LogP contribution is 2.56. The molecule has 0 atom stereocenters. The van der Waals surface area contributed by atoms with Crippen LogP contribution in [0.5, 0.6) is 0 Å². The summed E-state index contributed by atoms with van der Waals surface area (Å²) in [6.07, 6.45) is 0. The van der Waals surface area contributed by atoms with Crippen LogP contribution in [0, 0.1) is 0 Å². The SMILES string of the molecule is [2H]c1c([2H])c([2H])c(-c2ccc3c(c2)B2c4ccc5c(oc6cc(-n7c8ccccc8c8ccccc87)ccc65)c4N(c4c(-c5ccccc5)cccc4-c4ccccc4)c4cc(-c5ccccc5-c5ccccc5)cc(c42)N3c2c(-c3ccccc3)cccc2-c2ccccc2)c([2H])c1[2H]. The summed E-state index contributed by atoms with van der Waals surface area (Å²) in [6, 6.07) is 113. The molecule has 4 nitrogen and oxygen atoms in total. The molecule has 2 aliphatic rings. The number of aromatic nitrogens is 1. The molecule has 0 bridgehead atoms. The molecule has 4 heterocycles. The number of benzene rings is 15. The van der Waals surface area contributed by atoms with Crippen LogP contribution in [0.4, 0.5) is 34.1 Å². The van der Waals surface area contributed by atoms with Gasteiger partial charge in [0.25, 0.3) is 6.71 Å². The third-order valence-corrected chi connectivity index (χ3v) is 19.5. The zero-order valence-electron chi connectivity index (χ0n) is 56.4. The summed E-state index contributed by atoms with van der Waals surface area (Å²) in [5, 5.41) is 4.24. The van der Waals surface area contributed by atoms with Crippen LogP contribution in [0.15, 0.2) is 356 Å². The first-order chi connectivity index (χ1) is 49.3. The lowest BCUT2D eigenvalue weighted by molar-refractivity contribution is 0.669. The first kappa shape index (κ1) is 49.3. The van der Waals surface area contributed by atoms with Crippen molar-refractivity contribution in [1.29, 1.82) is 0 Å². The molecule has 0 unspecified atom stereocenters. The second kappa shape index (κ2) is 22.2. The molecule has 442 valence electrons. The van der Waals surface area contributed by atoms with Crippen molar-refractivity contribution in [2.24, 2.45) is 0 Å². The molecule has 0 fully saturated rings. The van der Waals surface area contributed by atoms with Gasteiger partial charge in [-0.2, -0.15) is 0 Å². The number of anilines is 6. The van der Waals surface area contributed by atoms with Crippen molar-refractivity contribution in [2.75, 3.05) is 9.80 Å². The highest BCUT2D eigenvalue weighted by atomic mass is 16.3. The molecule has 15 aromatic carbocycles. The maximum Gasteiger partial charge on any atom is 0.252 e. The average molecular weight is 1210 g/mol. The van der Waals surface area contributed by atoms with Gasteiger partial charge in [-0.15, -0.1) is 0 Å². The molecule has 0 saturated heterocycles. The van der Waals surface area contributed by atoms with Crippen molar-refractivity contribution in [1.82, 2.24) is 4.57 Å². The second-order valence-corrected chi connectivity index (χ2v) is 24.6. The van der Waals surface area contributed by atoms with Gasteiger partial charge in [-0.3, -0.25) is 0 Å². The average Bonchev–Trinajstić information content (AvgIpc) is 0.969. The molecule has 2 aliphatic heterocycles. The lowest BCUT2D eigenvalue weighted by Gasteiger charge is -2.46. The number of hydrogen-bond acceptors (Lipinski definition) is 3. The molecule has 17 aromatic rings. The summed E-state index contributed by atoms with van der Waals surface area (Å²) < 4.78 is 56.2. The predicted octanol–water partition coefficient (Wildman–Crippen LogP) is 22.4. The zero-order valence-corrected chi connectivity index (χ0v) is 51.4. The second-order valence-electron chi connectivity index (χ2n) is 24.6. The van der Waals surface area contributed by atoms with Crippen molar-refractivity contribution in [2.45, 2.75) is 0 Å². The van der Waals surface area contributed by atoms with Gasteiger partial charge in [0.15, 0.2) is 5.58 Å². The number of fused-ring (bicyclic) bond motifs is 11. The topological polar surface area (TPSA) is 24.6 Å². The number of para-hydroxylation sites is 4. The van der Waals surface area contributed by atoms with E-state index >= 15 is 0 Å². The van der Waals surface area contributed by atoms with E-state index in [9.17, 15) is 2.74 Å². The number of rotatable bonds is 10. The minimum Gasteiger partial charge on any atom is -0.454 e. The highest BCUT2D eigenvalue weighted by Gasteiger charge is 2.47. The zero-order chi connectivity index (χ0) is 66.9. The first-order valence-electron chi connectivity index (χ1n) is 34.9. The van der Waals surface area contributed by atoms with Crippen molar-refractivity contribution in [3.63, 3.8) is 0 Å². The Bertz CT molecular complexity index is 5980. The number of hydrogen-bond donors (Lipinski definition) is 0. The van der Waals surface area contributed by atoms with Gasteiger partial charge in [-0.05, 0) is 114 Å². The van der Waals surface area contributed by atoms with Gasteiger partial charge in [-0.1, -0.05) is 303 Å². The van der Waals surface area contributed by atoms with Crippen LogP contribution in [-0.4, -0.2) is 11.3 Å². The van der Waals surface area contributed by atoms with Crippen molar-refractivity contribution in [3.8, 4) is 83.6 Å². The van der Waals surface area contributed by atoms with Gasteiger partial charge in [0.1, 0.15) is 5.58 Å².